The molecule has 0 spiro atoms. The number of nitrogens with zero attached hydrogens (tertiary/aromatic N) is 2. The van der Waals surface area contributed by atoms with E-state index < -0.39 is 5.25 Å². The van der Waals surface area contributed by atoms with Gasteiger partial charge < -0.3 is 5.32 Å². The van der Waals surface area contributed by atoms with E-state index in [0.29, 0.717) is 0 Å². The minimum Gasteiger partial charge on any atom is -0.326 e. The lowest BCUT2D eigenvalue weighted by Gasteiger charge is -2.16. The average molecular weight is 408 g/mol. The van der Waals surface area contributed by atoms with Crippen molar-refractivity contribution in [2.75, 3.05) is 5.32 Å². The molecule has 1 saturated carbocycles. The first-order valence-corrected chi connectivity index (χ1v) is 10.8. The fourth-order valence-corrected chi connectivity index (χ4v) is 4.72. The molecule has 0 bridgehead atoms. The van der Waals surface area contributed by atoms with Crippen molar-refractivity contribution in [1.82, 2.24) is 4.90 Å². The number of hydrogen-bond donors (Lipinski definition) is 1. The molecule has 2 aromatic rings. The number of amides is 2. The first-order valence-electron chi connectivity index (χ1n) is 9.94. The number of benzene rings is 2. The van der Waals surface area contributed by atoms with Crippen molar-refractivity contribution in [3.63, 3.8) is 0 Å². The molecule has 2 fully saturated rings. The maximum Gasteiger partial charge on any atom is 0.242 e. The summed E-state index contributed by atoms with van der Waals surface area (Å²) in [5, 5.41) is 3.23. The predicted molar refractivity (Wildman–Crippen MR) is 119 cm³/mol. The van der Waals surface area contributed by atoms with Crippen LogP contribution in [0.25, 0.3) is 0 Å². The van der Waals surface area contributed by atoms with Crippen LogP contribution in [0.2, 0.25) is 0 Å². The Labute approximate surface area is 175 Å². The summed E-state index contributed by atoms with van der Waals surface area (Å²) in [5.74, 6) is -0.142. The van der Waals surface area contributed by atoms with Gasteiger partial charge in [-0.15, -0.1) is 0 Å². The zero-order chi connectivity index (χ0) is 20.5. The summed E-state index contributed by atoms with van der Waals surface area (Å²) >= 11 is 1.42. The Bertz CT molecular complexity index is 977. The third-order valence-corrected chi connectivity index (χ3v) is 6.47. The van der Waals surface area contributed by atoms with Crippen LogP contribution in [0.1, 0.15) is 36.0 Å². The molecule has 29 heavy (non-hydrogen) atoms. The summed E-state index contributed by atoms with van der Waals surface area (Å²) in [6.07, 6.45) is 2.15. The molecule has 0 aromatic heterocycles. The lowest BCUT2D eigenvalue weighted by molar-refractivity contribution is -0.128. The molecule has 2 aliphatic rings. The molecule has 4 rings (SSSR count). The van der Waals surface area contributed by atoms with Crippen LogP contribution in [-0.4, -0.2) is 33.2 Å². The Morgan fingerprint density at radius 1 is 1.07 bits per heavy atom. The Balaban J connectivity index is 1.54. The summed E-state index contributed by atoms with van der Waals surface area (Å²) in [7, 11) is 0. The molecule has 2 amide bonds. The van der Waals surface area contributed by atoms with Gasteiger partial charge in [-0.05, 0) is 56.4 Å². The second-order valence-electron chi connectivity index (χ2n) is 7.75. The fourth-order valence-electron chi connectivity index (χ4n) is 3.52. The fraction of sp³-hybridized carbons (Fsp3) is 0.348. The number of amidine groups is 1. The number of carbonyl (C=O) groups is 2. The Kier molecular flexibility index (Phi) is 5.46. The van der Waals surface area contributed by atoms with Gasteiger partial charge in [0, 0.05) is 18.2 Å². The van der Waals surface area contributed by atoms with E-state index in [1.807, 2.05) is 68.1 Å². The number of aliphatic imine (C=N–C) groups is 1. The van der Waals surface area contributed by atoms with E-state index >= 15 is 0 Å². The maximum absolute atomic E-state index is 13.1. The highest BCUT2D eigenvalue weighted by Crippen LogP contribution is 2.40. The van der Waals surface area contributed by atoms with Gasteiger partial charge in [0.15, 0.2) is 5.17 Å². The van der Waals surface area contributed by atoms with Crippen LogP contribution in [0.15, 0.2) is 47.5 Å². The number of rotatable bonds is 5. The molecule has 2 aromatic carbocycles. The number of hydrogen-bond acceptors (Lipinski definition) is 4. The normalized spacial score (nSPS) is 20.4. The third kappa shape index (κ3) is 4.22. The van der Waals surface area contributed by atoms with Crippen LogP contribution in [0, 0.1) is 20.8 Å². The zero-order valence-electron chi connectivity index (χ0n) is 16.9. The third-order valence-electron chi connectivity index (χ3n) is 5.32. The van der Waals surface area contributed by atoms with Crippen LogP contribution in [-0.2, 0) is 9.59 Å². The Hall–Kier alpha value is -2.60. The van der Waals surface area contributed by atoms with E-state index in [1.54, 1.807) is 0 Å². The van der Waals surface area contributed by atoms with Gasteiger partial charge in [0.25, 0.3) is 0 Å². The lowest BCUT2D eigenvalue weighted by Crippen LogP contribution is -2.35. The van der Waals surface area contributed by atoms with E-state index in [4.69, 9.17) is 4.99 Å². The molecule has 0 radical (unpaired) electrons. The van der Waals surface area contributed by atoms with Crippen molar-refractivity contribution in [3.8, 4) is 0 Å². The summed E-state index contributed by atoms with van der Waals surface area (Å²) in [5.41, 5.74) is 4.88. The monoisotopic (exact) mass is 407 g/mol. The van der Waals surface area contributed by atoms with Crippen molar-refractivity contribution in [3.05, 3.63) is 59.2 Å². The van der Waals surface area contributed by atoms with Gasteiger partial charge >= 0.3 is 0 Å². The van der Waals surface area contributed by atoms with Crippen LogP contribution in [0.5, 0.6) is 0 Å². The van der Waals surface area contributed by atoms with Gasteiger partial charge in [-0.25, -0.2) is 4.99 Å². The first-order chi connectivity index (χ1) is 13.9. The second kappa shape index (κ2) is 8.03. The van der Waals surface area contributed by atoms with Crippen molar-refractivity contribution in [2.24, 2.45) is 4.99 Å². The molecular formula is C23H25N3O2S. The van der Waals surface area contributed by atoms with E-state index in [1.165, 1.54) is 11.8 Å². The van der Waals surface area contributed by atoms with Crippen molar-refractivity contribution < 1.29 is 9.59 Å². The molecule has 150 valence electrons. The van der Waals surface area contributed by atoms with Gasteiger partial charge in [-0.2, -0.15) is 0 Å². The molecule has 5 nitrogen and oxygen atoms in total. The topological polar surface area (TPSA) is 61.8 Å². The van der Waals surface area contributed by atoms with Crippen molar-refractivity contribution in [2.45, 2.75) is 51.3 Å². The smallest absolute Gasteiger partial charge is 0.242 e. The Morgan fingerprint density at radius 3 is 2.38 bits per heavy atom. The largest absolute Gasteiger partial charge is 0.326 e. The van der Waals surface area contributed by atoms with Crippen LogP contribution in [0.3, 0.4) is 0 Å². The predicted octanol–water partition coefficient (Wildman–Crippen LogP) is 4.73. The number of carbonyl (C=O) groups excluding carboxylic acids is 2. The van der Waals surface area contributed by atoms with Crippen molar-refractivity contribution in [1.29, 1.82) is 0 Å². The number of thioether (sulfide) groups is 1. The highest BCUT2D eigenvalue weighted by atomic mass is 32.2. The van der Waals surface area contributed by atoms with E-state index in [2.05, 4.69) is 5.32 Å². The van der Waals surface area contributed by atoms with Gasteiger partial charge in [0.05, 0.1) is 5.69 Å². The van der Waals surface area contributed by atoms with E-state index in [9.17, 15) is 9.59 Å². The van der Waals surface area contributed by atoms with Gasteiger partial charge in [-0.1, -0.05) is 48.2 Å². The molecule has 1 aliphatic carbocycles. The first kappa shape index (κ1) is 19.7. The Morgan fingerprint density at radius 2 is 1.72 bits per heavy atom. The molecule has 0 unspecified atom stereocenters. The van der Waals surface area contributed by atoms with Crippen LogP contribution in [0.4, 0.5) is 11.4 Å². The molecular weight excluding hydrogens is 382 g/mol. The van der Waals surface area contributed by atoms with Crippen LogP contribution < -0.4 is 5.32 Å². The zero-order valence-corrected chi connectivity index (χ0v) is 17.8. The highest BCUT2D eigenvalue weighted by molar-refractivity contribution is 8.15. The molecule has 1 saturated heterocycles. The summed E-state index contributed by atoms with van der Waals surface area (Å²) < 4.78 is 0. The average Bonchev–Trinajstić information content (AvgIpc) is 3.46. The molecule has 1 N–H and O–H groups in total. The van der Waals surface area contributed by atoms with E-state index in [-0.39, 0.29) is 24.3 Å². The molecule has 1 heterocycles. The minimum atomic E-state index is -0.428. The maximum atomic E-state index is 13.1. The summed E-state index contributed by atoms with van der Waals surface area (Å²) in [6.45, 7) is 6.01. The number of anilines is 1. The standard InChI is InChI=1S/C23H25N3O2S/c1-14-7-4-5-10-18(14)24-20(27)13-19-22(28)26(17-11-12-17)23(29-19)25-21-15(2)8-6-9-16(21)3/h4-10,17,19H,11-13H2,1-3H3,(H,24,27)/t19-/m1/s1. The number of para-hydroxylation sites is 2. The minimum absolute atomic E-state index is 0.00224. The summed E-state index contributed by atoms with van der Waals surface area (Å²) in [6, 6.07) is 14.0. The quantitative estimate of drug-likeness (QED) is 0.779. The van der Waals surface area contributed by atoms with Gasteiger partial charge in [0.1, 0.15) is 5.25 Å². The number of aryl methyl sites for hydroxylation is 3. The number of nitrogens with one attached hydrogen (secondary N) is 1. The summed E-state index contributed by atoms with van der Waals surface area (Å²) in [4.78, 5) is 32.3. The van der Waals surface area contributed by atoms with Gasteiger partial charge in [-0.3, -0.25) is 14.5 Å². The van der Waals surface area contributed by atoms with Crippen LogP contribution >= 0.6 is 11.8 Å². The van der Waals surface area contributed by atoms with Gasteiger partial charge in [0.2, 0.25) is 11.8 Å². The molecule has 1 atom stereocenters. The molecule has 6 heteroatoms. The van der Waals surface area contributed by atoms with E-state index in [0.717, 1.165) is 46.1 Å². The highest BCUT2D eigenvalue weighted by Gasteiger charge is 2.46. The SMILES string of the molecule is Cc1ccccc1NC(=O)C[C@H]1SC(=Nc2c(C)cccc2C)N(C2CC2)C1=O. The molecule has 1 aliphatic heterocycles. The van der Waals surface area contributed by atoms with Crippen molar-refractivity contribution >= 4 is 40.1 Å². The second-order valence-corrected chi connectivity index (χ2v) is 8.92. The lowest BCUT2D eigenvalue weighted by atomic mass is 10.1.